The van der Waals surface area contributed by atoms with Crippen molar-refractivity contribution in [3.05, 3.63) is 58.5 Å². The molecule has 8 rings (SSSR count). The van der Waals surface area contributed by atoms with Crippen molar-refractivity contribution in [1.29, 1.82) is 0 Å². The van der Waals surface area contributed by atoms with Crippen molar-refractivity contribution in [3.63, 3.8) is 0 Å². The first-order valence-corrected chi connectivity index (χ1v) is 13.3. The summed E-state index contributed by atoms with van der Waals surface area (Å²) in [6.07, 6.45) is 7.33. The molecule has 0 saturated heterocycles. The van der Waals surface area contributed by atoms with Crippen molar-refractivity contribution in [1.82, 2.24) is 15.3 Å². The Morgan fingerprint density at radius 2 is 1.81 bits per heavy atom. The second kappa shape index (κ2) is 7.58. The molecule has 0 radical (unpaired) electrons. The Kier molecular flexibility index (Phi) is 4.70. The first-order chi connectivity index (χ1) is 17.2. The van der Waals surface area contributed by atoms with Gasteiger partial charge in [-0.15, -0.1) is 0 Å². The van der Waals surface area contributed by atoms with Crippen LogP contribution in [0.25, 0.3) is 22.6 Å². The minimum Gasteiger partial charge on any atom is -0.481 e. The van der Waals surface area contributed by atoms with E-state index in [1.807, 2.05) is 32.0 Å². The van der Waals surface area contributed by atoms with Crippen molar-refractivity contribution in [2.75, 3.05) is 0 Å². The van der Waals surface area contributed by atoms with Crippen LogP contribution in [-0.2, 0) is 5.60 Å². The van der Waals surface area contributed by atoms with Crippen LogP contribution in [0.1, 0.15) is 68.4 Å². The molecular weight excluding hydrogens is 477 g/mol. The maximum Gasteiger partial charge on any atom is 0.251 e. The summed E-state index contributed by atoms with van der Waals surface area (Å²) in [6.45, 7) is 3.86. The van der Waals surface area contributed by atoms with Crippen LogP contribution in [0.3, 0.4) is 0 Å². The number of aromatic nitrogens is 2. The number of H-pyrrole nitrogens is 1. The average Bonchev–Trinajstić information content (AvgIpc) is 3.23. The lowest BCUT2D eigenvalue weighted by atomic mass is 9.53. The zero-order valence-electron chi connectivity index (χ0n) is 20.5. The van der Waals surface area contributed by atoms with Crippen LogP contribution in [-0.4, -0.2) is 21.4 Å². The van der Waals surface area contributed by atoms with Crippen LogP contribution in [0.15, 0.2) is 36.4 Å². The molecule has 0 atom stereocenters. The molecule has 3 aromatic rings. The van der Waals surface area contributed by atoms with E-state index in [0.717, 1.165) is 48.3 Å². The summed E-state index contributed by atoms with van der Waals surface area (Å²) in [4.78, 5) is 21.4. The quantitative estimate of drug-likeness (QED) is 0.408. The molecule has 2 aromatic carbocycles. The Morgan fingerprint density at radius 3 is 2.47 bits per heavy atom. The number of carbonyl (C=O) groups is 1. The van der Waals surface area contributed by atoms with Gasteiger partial charge in [-0.25, -0.2) is 9.37 Å². The van der Waals surface area contributed by atoms with Crippen LogP contribution in [0.5, 0.6) is 5.75 Å². The Labute approximate surface area is 214 Å². The van der Waals surface area contributed by atoms with Gasteiger partial charge in [0.1, 0.15) is 23.0 Å². The third-order valence-corrected chi connectivity index (χ3v) is 9.10. The van der Waals surface area contributed by atoms with Crippen LogP contribution in [0, 0.1) is 23.6 Å². The van der Waals surface area contributed by atoms with Crippen molar-refractivity contribution < 1.29 is 13.9 Å². The fraction of sp³-hybridized carbons (Fsp3) is 0.448. The monoisotopic (exact) mass is 505 g/mol. The van der Waals surface area contributed by atoms with Crippen LogP contribution < -0.4 is 10.1 Å². The number of rotatable bonds is 3. The number of hydrogen-bond acceptors (Lipinski definition) is 3. The molecule has 2 N–H and O–H groups in total. The number of ether oxygens (including phenoxy) is 1. The minimum atomic E-state index is -0.750. The Hall–Kier alpha value is -2.86. The summed E-state index contributed by atoms with van der Waals surface area (Å²) in [6, 6.07) is 10.1. The molecule has 4 aliphatic carbocycles. The molecule has 2 heterocycles. The van der Waals surface area contributed by atoms with Crippen molar-refractivity contribution in [3.8, 4) is 28.4 Å². The lowest BCUT2D eigenvalue weighted by molar-refractivity contribution is -0.0167. The number of aromatic amines is 1. The van der Waals surface area contributed by atoms with E-state index in [9.17, 15) is 9.18 Å². The van der Waals surface area contributed by atoms with E-state index in [4.69, 9.17) is 21.3 Å². The van der Waals surface area contributed by atoms with E-state index >= 15 is 0 Å². The van der Waals surface area contributed by atoms with E-state index in [0.29, 0.717) is 22.8 Å². The maximum atomic E-state index is 14.6. The Bertz CT molecular complexity index is 1360. The number of nitrogens with one attached hydrogen (secondary N) is 2. The fourth-order valence-electron chi connectivity index (χ4n) is 7.69. The zero-order valence-corrected chi connectivity index (χ0v) is 21.2. The van der Waals surface area contributed by atoms with Gasteiger partial charge in [0.25, 0.3) is 5.91 Å². The van der Waals surface area contributed by atoms with Gasteiger partial charge in [-0.3, -0.25) is 4.79 Å². The largest absolute Gasteiger partial charge is 0.481 e. The molecule has 4 saturated carbocycles. The normalized spacial score (nSPS) is 28.8. The SMILES string of the molecule is CC1(C)Oc2cc(C(=O)NC34CC5CC(CC(C5)C3)C4)ccc2-c2nc(-c3c(F)cccc3Cl)[nH]c21. The number of hydrogen-bond donors (Lipinski definition) is 2. The summed E-state index contributed by atoms with van der Waals surface area (Å²) in [5.41, 5.74) is 2.23. The van der Waals surface area contributed by atoms with Gasteiger partial charge in [-0.2, -0.15) is 0 Å². The molecule has 7 heteroatoms. The molecule has 5 nitrogen and oxygen atoms in total. The van der Waals surface area contributed by atoms with E-state index in [-0.39, 0.29) is 22.0 Å². The summed E-state index contributed by atoms with van der Waals surface area (Å²) in [5.74, 6) is 2.77. The van der Waals surface area contributed by atoms with Gasteiger partial charge >= 0.3 is 0 Å². The Morgan fingerprint density at radius 1 is 1.11 bits per heavy atom. The zero-order chi connectivity index (χ0) is 24.8. The van der Waals surface area contributed by atoms with Crippen molar-refractivity contribution >= 4 is 17.5 Å². The highest BCUT2D eigenvalue weighted by Crippen LogP contribution is 2.55. The van der Waals surface area contributed by atoms with Crippen LogP contribution in [0.2, 0.25) is 5.02 Å². The molecule has 0 spiro atoms. The summed E-state index contributed by atoms with van der Waals surface area (Å²) in [5, 5.41) is 3.74. The predicted octanol–water partition coefficient (Wildman–Crippen LogP) is 6.86. The summed E-state index contributed by atoms with van der Waals surface area (Å²) in [7, 11) is 0. The second-order valence-electron chi connectivity index (χ2n) is 11.9. The topological polar surface area (TPSA) is 67.0 Å². The third-order valence-electron chi connectivity index (χ3n) is 8.79. The number of carbonyl (C=O) groups excluding carboxylic acids is 1. The molecule has 4 bridgehead atoms. The number of benzene rings is 2. The number of fused-ring (bicyclic) bond motifs is 3. The highest BCUT2D eigenvalue weighted by molar-refractivity contribution is 6.33. The number of halogens is 2. The standard InChI is InChI=1S/C29H29ClFN3O2/c1-28(2)25-24(32-26(33-25)23-20(30)4-3-5-21(23)31)19-7-6-18(11-22(19)36-28)27(35)34-29-12-15-8-16(13-29)10-17(9-15)14-29/h3-7,11,15-17H,8-10,12-14H2,1-2H3,(H,32,33)(H,34,35). The van der Waals surface area contributed by atoms with Gasteiger partial charge in [0.05, 0.1) is 22.0 Å². The first-order valence-electron chi connectivity index (χ1n) is 12.9. The summed E-state index contributed by atoms with van der Waals surface area (Å²) < 4.78 is 21.0. The van der Waals surface area contributed by atoms with E-state index < -0.39 is 11.4 Å². The number of imidazole rings is 1. The van der Waals surface area contributed by atoms with Gasteiger partial charge in [0.2, 0.25) is 0 Å². The van der Waals surface area contributed by atoms with E-state index in [2.05, 4.69) is 10.3 Å². The van der Waals surface area contributed by atoms with Gasteiger partial charge in [0, 0.05) is 16.7 Å². The first kappa shape index (κ1) is 22.3. The van der Waals surface area contributed by atoms with Gasteiger partial charge in [-0.1, -0.05) is 17.7 Å². The van der Waals surface area contributed by atoms with Crippen molar-refractivity contribution in [2.24, 2.45) is 17.8 Å². The minimum absolute atomic E-state index is 0.0344. The van der Waals surface area contributed by atoms with Crippen LogP contribution in [0.4, 0.5) is 4.39 Å². The molecular formula is C29H29ClFN3O2. The number of amides is 1. The van der Waals surface area contributed by atoms with Crippen molar-refractivity contribution in [2.45, 2.75) is 63.5 Å². The van der Waals surface area contributed by atoms with E-state index in [1.165, 1.54) is 25.3 Å². The molecule has 4 fully saturated rings. The number of nitrogens with zero attached hydrogens (tertiary/aromatic N) is 1. The predicted molar refractivity (Wildman–Crippen MR) is 136 cm³/mol. The molecule has 5 aliphatic rings. The highest BCUT2D eigenvalue weighted by atomic mass is 35.5. The lowest BCUT2D eigenvalue weighted by Gasteiger charge is -2.56. The molecule has 1 amide bonds. The average molecular weight is 506 g/mol. The molecule has 0 unspecified atom stereocenters. The van der Waals surface area contributed by atoms with Gasteiger partial charge < -0.3 is 15.0 Å². The molecule has 186 valence electrons. The molecule has 1 aromatic heterocycles. The maximum absolute atomic E-state index is 14.6. The lowest BCUT2D eigenvalue weighted by Crippen LogP contribution is -2.59. The van der Waals surface area contributed by atoms with E-state index in [1.54, 1.807) is 12.1 Å². The molecule has 36 heavy (non-hydrogen) atoms. The fourth-order valence-corrected chi connectivity index (χ4v) is 7.95. The van der Waals surface area contributed by atoms with Gasteiger partial charge in [0.15, 0.2) is 0 Å². The summed E-state index contributed by atoms with van der Waals surface area (Å²) >= 11 is 6.31. The third kappa shape index (κ3) is 3.41. The highest BCUT2D eigenvalue weighted by Gasteiger charge is 2.51. The Balaban J connectivity index is 1.22. The smallest absolute Gasteiger partial charge is 0.251 e. The molecule has 1 aliphatic heterocycles. The van der Waals surface area contributed by atoms with Gasteiger partial charge in [-0.05, 0) is 100 Å². The van der Waals surface area contributed by atoms with Crippen LogP contribution >= 0.6 is 11.6 Å². The second-order valence-corrected chi connectivity index (χ2v) is 12.3.